The van der Waals surface area contributed by atoms with Gasteiger partial charge in [0, 0.05) is 34.0 Å². The number of anilines is 3. The molecule has 0 saturated carbocycles. The van der Waals surface area contributed by atoms with Gasteiger partial charge in [0.1, 0.15) is 9.79 Å². The van der Waals surface area contributed by atoms with Gasteiger partial charge in [-0.3, -0.25) is 32.8 Å². The Morgan fingerprint density at radius 2 is 1.33 bits per heavy atom. The minimum atomic E-state index is -5.38. The van der Waals surface area contributed by atoms with E-state index >= 15 is 0 Å². The number of carbonyl (C=O) groups is 4. The molecule has 1 heterocycles. The third kappa shape index (κ3) is 7.95. The first-order valence-electron chi connectivity index (χ1n) is 17.2. The predicted octanol–water partition coefficient (Wildman–Crippen LogP) is 4.89. The molecular weight excluding hydrogens is 879 g/mol. The van der Waals surface area contributed by atoms with E-state index in [1.165, 1.54) is 79.8 Å². The summed E-state index contributed by atoms with van der Waals surface area (Å²) in [6, 6.07) is 19.5. The van der Waals surface area contributed by atoms with Crippen LogP contribution >= 0.6 is 11.8 Å². The van der Waals surface area contributed by atoms with E-state index in [-0.39, 0.29) is 54.9 Å². The van der Waals surface area contributed by atoms with Crippen molar-refractivity contribution in [2.45, 2.75) is 19.6 Å². The molecule has 0 saturated heterocycles. The molecule has 1 aliphatic rings. The molecule has 0 spiro atoms. The maximum Gasteiger partial charge on any atom is 0.336 e. The lowest BCUT2D eigenvalue weighted by atomic mass is 9.80. The minimum absolute atomic E-state index is 0.0137. The molecule has 0 bridgehead atoms. The van der Waals surface area contributed by atoms with E-state index in [4.69, 9.17) is 0 Å². The van der Waals surface area contributed by atoms with Crippen molar-refractivity contribution in [1.82, 2.24) is 4.57 Å². The van der Waals surface area contributed by atoms with Gasteiger partial charge in [-0.15, -0.1) is 11.8 Å². The van der Waals surface area contributed by atoms with Crippen molar-refractivity contribution in [3.63, 3.8) is 0 Å². The van der Waals surface area contributed by atoms with E-state index in [1.807, 2.05) is 0 Å². The number of carboxylic acid groups (broad SMARTS) is 1. The Kier molecular flexibility index (Phi) is 10.8. The number of amides is 1. The molecule has 61 heavy (non-hydrogen) atoms. The lowest BCUT2D eigenvalue weighted by Crippen LogP contribution is -2.29. The number of aromatic carboxylic acids is 1. The van der Waals surface area contributed by atoms with Crippen LogP contribution in [0, 0.1) is 0 Å². The third-order valence-electron chi connectivity index (χ3n) is 9.51. The lowest BCUT2D eigenvalue weighted by molar-refractivity contribution is -0.113. The normalized spacial score (nSPS) is 12.5. The number of aryl methyl sites for hydroxylation is 1. The van der Waals surface area contributed by atoms with Crippen molar-refractivity contribution in [1.29, 1.82) is 0 Å². The first kappa shape index (κ1) is 42.6. The Balaban J connectivity index is 1.42. The number of carbonyl (C=O) groups excluding carboxylic acids is 3. The van der Waals surface area contributed by atoms with Crippen LogP contribution in [-0.4, -0.2) is 77.8 Å². The van der Waals surface area contributed by atoms with E-state index < -0.39 is 96.7 Å². The van der Waals surface area contributed by atoms with E-state index in [1.54, 1.807) is 0 Å². The quantitative estimate of drug-likeness (QED) is 0.0540. The molecule has 5 aromatic carbocycles. The number of ketones is 2. The monoisotopic (exact) mass is 905 g/mol. The summed E-state index contributed by atoms with van der Waals surface area (Å²) in [5, 5.41) is 14.4. The number of rotatable bonds is 12. The van der Waals surface area contributed by atoms with Gasteiger partial charge in [0.25, 0.3) is 35.9 Å². The number of nitrogens with zero attached hydrogens (tertiary/aromatic N) is 1. The highest BCUT2D eigenvalue weighted by Crippen LogP contribution is 2.45. The minimum Gasteiger partial charge on any atom is -0.478 e. The largest absolute Gasteiger partial charge is 0.478 e. The summed E-state index contributed by atoms with van der Waals surface area (Å²) in [6.07, 6.45) is 0. The molecule has 0 radical (unpaired) electrons. The molecule has 0 fully saturated rings. The van der Waals surface area contributed by atoms with E-state index in [2.05, 4.69) is 10.6 Å². The number of pyridine rings is 1. The van der Waals surface area contributed by atoms with Gasteiger partial charge in [-0.25, -0.2) is 4.79 Å². The molecule has 312 valence electrons. The summed E-state index contributed by atoms with van der Waals surface area (Å²) in [4.78, 5) is 64.9. The molecule has 1 amide bonds. The number of aromatic nitrogens is 1. The summed E-state index contributed by atoms with van der Waals surface area (Å²) in [6.45, 7) is 0. The number of benzene rings is 5. The number of nitrogens with one attached hydrogen (secondary N) is 2. The van der Waals surface area contributed by atoms with Gasteiger partial charge < -0.3 is 20.3 Å². The van der Waals surface area contributed by atoms with Crippen LogP contribution in [-0.2, 0) is 42.2 Å². The Morgan fingerprint density at radius 1 is 0.689 bits per heavy atom. The predicted molar refractivity (Wildman–Crippen MR) is 220 cm³/mol. The van der Waals surface area contributed by atoms with Gasteiger partial charge in [0.05, 0.1) is 49.9 Å². The van der Waals surface area contributed by atoms with Crippen LogP contribution in [0.15, 0.2) is 121 Å². The fourth-order valence-electron chi connectivity index (χ4n) is 6.86. The number of carboxylic acids is 1. The Morgan fingerprint density at radius 3 is 1.98 bits per heavy atom. The van der Waals surface area contributed by atoms with Crippen LogP contribution in [0.1, 0.15) is 42.2 Å². The van der Waals surface area contributed by atoms with Gasteiger partial charge in [-0.1, -0.05) is 48.5 Å². The fraction of sp³-hybridized carbons (Fsp3) is 0.0513. The molecule has 0 aliphatic heterocycles. The number of fused-ring (bicyclic) bond motifs is 2. The maximum absolute atomic E-state index is 14.5. The summed E-state index contributed by atoms with van der Waals surface area (Å²) in [5.41, 5.74) is -3.52. The first-order valence-corrected chi connectivity index (χ1v) is 22.5. The van der Waals surface area contributed by atoms with Crippen molar-refractivity contribution in [2.75, 3.05) is 16.4 Å². The van der Waals surface area contributed by atoms with Crippen molar-refractivity contribution in [2.24, 2.45) is 7.05 Å². The number of thioether (sulfide) groups is 1. The zero-order valence-corrected chi connectivity index (χ0v) is 34.1. The van der Waals surface area contributed by atoms with Crippen molar-refractivity contribution >= 4 is 93.5 Å². The lowest BCUT2D eigenvalue weighted by Gasteiger charge is -2.26. The second-order valence-corrected chi connectivity index (χ2v) is 18.5. The molecule has 0 atom stereocenters. The molecule has 6 aromatic rings. The topological polar surface area (TPSA) is 298 Å². The smallest absolute Gasteiger partial charge is 0.336 e. The Bertz CT molecular complexity index is 3360. The second-order valence-electron chi connectivity index (χ2n) is 13.3. The standard InChI is InChI=1S/C39H27N3O15S4/c1-42-27-14-13-24(33-34(27)32(21-9-2-3-10-22(21)37(33)45)35(38(42)46)36(44)19-7-6-8-20(15-19)59(49,50)51)40-25-16-26(30(61(55,56)57)17-29(25)60(52,53)54)41-31(43)18-58-28-12-5-4-11-23(28)39(47)48/h2-17,40H,18H2,1H3,(H,41,43)(H,47,48)(H,49,50,51)(H,52,53,54)(H,55,56,57). The van der Waals surface area contributed by atoms with Crippen LogP contribution in [0.4, 0.5) is 17.1 Å². The average molecular weight is 906 g/mol. The van der Waals surface area contributed by atoms with E-state index in [0.29, 0.717) is 6.07 Å². The highest BCUT2D eigenvalue weighted by atomic mass is 32.2. The Hall–Kier alpha value is -6.53. The van der Waals surface area contributed by atoms with Gasteiger partial charge in [0.15, 0.2) is 11.6 Å². The molecule has 1 aliphatic carbocycles. The van der Waals surface area contributed by atoms with Gasteiger partial charge in [0.2, 0.25) is 5.91 Å². The average Bonchev–Trinajstić information content (AvgIpc) is 3.19. The SMILES string of the molecule is Cn1c(=O)c(C(=O)c2cccc(S(=O)(=O)O)c2)c2c3c(c(Nc4cc(NC(=O)CSc5ccccc5C(=O)O)c(S(=O)(=O)O)cc4S(=O)(=O)O)ccc31)C(=O)c1ccccc1-2. The van der Waals surface area contributed by atoms with Crippen molar-refractivity contribution in [3.8, 4) is 11.1 Å². The fourth-order valence-corrected chi connectivity index (χ4v) is 9.61. The van der Waals surface area contributed by atoms with Crippen molar-refractivity contribution in [3.05, 3.63) is 135 Å². The maximum atomic E-state index is 14.5. The van der Waals surface area contributed by atoms with Crippen LogP contribution in [0.3, 0.4) is 0 Å². The molecule has 18 nitrogen and oxygen atoms in total. The molecule has 0 unspecified atom stereocenters. The van der Waals surface area contributed by atoms with Crippen LogP contribution in [0.25, 0.3) is 22.0 Å². The van der Waals surface area contributed by atoms with Gasteiger partial charge >= 0.3 is 5.97 Å². The van der Waals surface area contributed by atoms with E-state index in [0.717, 1.165) is 34.5 Å². The van der Waals surface area contributed by atoms with E-state index in [9.17, 15) is 68.0 Å². The summed E-state index contributed by atoms with van der Waals surface area (Å²) in [5.74, 6) is -4.44. The Labute approximate surface area is 349 Å². The molecule has 6 N–H and O–H groups in total. The summed E-state index contributed by atoms with van der Waals surface area (Å²) >= 11 is 0.764. The zero-order valence-electron chi connectivity index (χ0n) is 30.8. The highest BCUT2D eigenvalue weighted by molar-refractivity contribution is 8.00. The van der Waals surface area contributed by atoms with Crippen molar-refractivity contribution < 1.29 is 63.2 Å². The van der Waals surface area contributed by atoms with Crippen LogP contribution < -0.4 is 16.2 Å². The molecular formula is C39H27N3O15S4. The zero-order chi connectivity index (χ0) is 44.3. The van der Waals surface area contributed by atoms with Gasteiger partial charge in [-0.2, -0.15) is 25.3 Å². The first-order chi connectivity index (χ1) is 28.6. The van der Waals surface area contributed by atoms with Crippen LogP contribution in [0.5, 0.6) is 0 Å². The molecule has 22 heteroatoms. The molecule has 7 rings (SSSR count). The third-order valence-corrected chi connectivity index (χ3v) is 13.2. The number of hydrogen-bond donors (Lipinski definition) is 6. The second kappa shape index (κ2) is 15.5. The molecule has 1 aromatic heterocycles. The summed E-state index contributed by atoms with van der Waals surface area (Å²) in [7, 11) is -14.2. The number of hydrogen-bond acceptors (Lipinski definition) is 13. The highest BCUT2D eigenvalue weighted by Gasteiger charge is 2.35. The van der Waals surface area contributed by atoms with Gasteiger partial charge in [-0.05, 0) is 54.1 Å². The summed E-state index contributed by atoms with van der Waals surface area (Å²) < 4.78 is 106. The van der Waals surface area contributed by atoms with Crippen LogP contribution in [0.2, 0.25) is 0 Å².